The fourth-order valence-electron chi connectivity index (χ4n) is 3.02. The van der Waals surface area contributed by atoms with Crippen LogP contribution in [-0.2, 0) is 4.79 Å². The van der Waals surface area contributed by atoms with Gasteiger partial charge in [-0.3, -0.25) is 4.79 Å². The number of carboxylic acid groups (broad SMARTS) is 1. The van der Waals surface area contributed by atoms with Crippen LogP contribution in [0.5, 0.6) is 0 Å². The Balaban J connectivity index is 2.26. The summed E-state index contributed by atoms with van der Waals surface area (Å²) in [4.78, 5) is 11.7. The van der Waals surface area contributed by atoms with Gasteiger partial charge in [-0.15, -0.1) is 0 Å². The molecule has 2 atom stereocenters. The maximum absolute atomic E-state index is 11.7. The first-order valence-electron chi connectivity index (χ1n) is 7.47. The molecule has 0 saturated heterocycles. The lowest BCUT2D eigenvalue weighted by Crippen LogP contribution is -2.21. The van der Waals surface area contributed by atoms with E-state index in [4.69, 9.17) is 11.6 Å². The number of rotatable bonds is 4. The number of aliphatic carboxylic acids is 1. The zero-order valence-electron chi connectivity index (χ0n) is 12.7. The molecule has 0 aliphatic carbocycles. The first-order chi connectivity index (χ1) is 11.6. The number of halogens is 1. The third-order valence-corrected chi connectivity index (χ3v) is 4.38. The van der Waals surface area contributed by atoms with Crippen LogP contribution in [-0.4, -0.2) is 11.1 Å². The molecule has 4 heteroatoms. The third kappa shape index (κ3) is 2.97. The van der Waals surface area contributed by atoms with Crippen molar-refractivity contribution in [2.75, 3.05) is 0 Å². The molecule has 118 valence electrons. The Kier molecular flexibility index (Phi) is 4.50. The van der Waals surface area contributed by atoms with Crippen LogP contribution >= 0.6 is 11.6 Å². The number of hydrogen-bond acceptors (Lipinski definition) is 2. The van der Waals surface area contributed by atoms with E-state index < -0.39 is 17.8 Å². The number of nitrogens with zero attached hydrogens (tertiary/aromatic N) is 1. The van der Waals surface area contributed by atoms with Crippen molar-refractivity contribution in [3.63, 3.8) is 0 Å². The van der Waals surface area contributed by atoms with Gasteiger partial charge in [-0.2, -0.15) is 5.26 Å². The van der Waals surface area contributed by atoms with Gasteiger partial charge in [0.15, 0.2) is 5.92 Å². The average molecular weight is 336 g/mol. The topological polar surface area (TPSA) is 61.1 Å². The monoisotopic (exact) mass is 335 g/mol. The van der Waals surface area contributed by atoms with Crippen LogP contribution < -0.4 is 0 Å². The van der Waals surface area contributed by atoms with Crippen LogP contribution in [0.1, 0.15) is 17.0 Å². The quantitative estimate of drug-likeness (QED) is 0.741. The minimum Gasteiger partial charge on any atom is -0.480 e. The summed E-state index contributed by atoms with van der Waals surface area (Å²) >= 11 is 5.95. The maximum Gasteiger partial charge on any atom is 0.321 e. The third-order valence-electron chi connectivity index (χ3n) is 4.13. The van der Waals surface area contributed by atoms with Gasteiger partial charge < -0.3 is 5.11 Å². The molecule has 24 heavy (non-hydrogen) atoms. The Bertz CT molecular complexity index is 923. The van der Waals surface area contributed by atoms with Crippen molar-refractivity contribution in [2.45, 2.75) is 5.92 Å². The first kappa shape index (κ1) is 16.0. The van der Waals surface area contributed by atoms with Crippen molar-refractivity contribution >= 4 is 28.3 Å². The van der Waals surface area contributed by atoms with E-state index in [1.807, 2.05) is 48.5 Å². The molecule has 3 rings (SSSR count). The molecular weight excluding hydrogens is 322 g/mol. The fraction of sp³-hybridized carbons (Fsp3) is 0.100. The zero-order chi connectivity index (χ0) is 17.1. The van der Waals surface area contributed by atoms with Crippen LogP contribution in [0.3, 0.4) is 0 Å². The van der Waals surface area contributed by atoms with E-state index in [1.165, 1.54) is 0 Å². The van der Waals surface area contributed by atoms with E-state index >= 15 is 0 Å². The molecule has 0 aromatic heterocycles. The van der Waals surface area contributed by atoms with E-state index in [0.717, 1.165) is 21.9 Å². The molecule has 0 amide bonds. The molecule has 0 aliphatic rings. The molecular formula is C20H14ClNO2. The van der Waals surface area contributed by atoms with Crippen molar-refractivity contribution in [1.82, 2.24) is 0 Å². The second-order valence-corrected chi connectivity index (χ2v) is 5.98. The van der Waals surface area contributed by atoms with Gasteiger partial charge in [-0.05, 0) is 34.0 Å². The second-order valence-electron chi connectivity index (χ2n) is 5.54. The van der Waals surface area contributed by atoms with Crippen LogP contribution in [0.2, 0.25) is 5.02 Å². The zero-order valence-corrected chi connectivity index (χ0v) is 13.4. The van der Waals surface area contributed by atoms with E-state index in [2.05, 4.69) is 0 Å². The van der Waals surface area contributed by atoms with Crippen molar-refractivity contribution in [1.29, 1.82) is 5.26 Å². The predicted molar refractivity (Wildman–Crippen MR) is 94.0 cm³/mol. The Morgan fingerprint density at radius 1 is 1.00 bits per heavy atom. The highest BCUT2D eigenvalue weighted by molar-refractivity contribution is 6.30. The molecule has 0 saturated carbocycles. The summed E-state index contributed by atoms with van der Waals surface area (Å²) in [6.07, 6.45) is 0. The minimum atomic E-state index is -1.18. The van der Waals surface area contributed by atoms with E-state index in [1.54, 1.807) is 24.3 Å². The van der Waals surface area contributed by atoms with Crippen molar-refractivity contribution < 1.29 is 9.90 Å². The summed E-state index contributed by atoms with van der Waals surface area (Å²) < 4.78 is 0. The second kappa shape index (κ2) is 6.74. The lowest BCUT2D eigenvalue weighted by Gasteiger charge is -2.22. The number of fused-ring (bicyclic) bond motifs is 1. The summed E-state index contributed by atoms with van der Waals surface area (Å²) in [5, 5.41) is 21.5. The van der Waals surface area contributed by atoms with Crippen molar-refractivity contribution in [3.05, 3.63) is 82.9 Å². The molecule has 0 aliphatic heterocycles. The molecule has 1 N–H and O–H groups in total. The first-order valence-corrected chi connectivity index (χ1v) is 7.85. The van der Waals surface area contributed by atoms with Crippen LogP contribution in [0.4, 0.5) is 0 Å². The number of hydrogen-bond donors (Lipinski definition) is 1. The summed E-state index contributed by atoms with van der Waals surface area (Å²) in [7, 11) is 0. The molecule has 0 bridgehead atoms. The highest BCUT2D eigenvalue weighted by Gasteiger charge is 2.32. The van der Waals surface area contributed by atoms with Gasteiger partial charge in [0, 0.05) is 10.9 Å². The van der Waals surface area contributed by atoms with E-state index in [0.29, 0.717) is 5.02 Å². The number of nitriles is 1. The smallest absolute Gasteiger partial charge is 0.321 e. The average Bonchev–Trinajstić information content (AvgIpc) is 2.60. The largest absolute Gasteiger partial charge is 0.480 e. The SMILES string of the molecule is N#CC(C(=O)O)C(c1ccc(Cl)cc1)c1cccc2ccccc12. The molecule has 2 unspecified atom stereocenters. The number of benzene rings is 3. The normalized spacial score (nSPS) is 13.2. The Morgan fingerprint density at radius 3 is 2.33 bits per heavy atom. The molecule has 3 nitrogen and oxygen atoms in total. The van der Waals surface area contributed by atoms with E-state index in [-0.39, 0.29) is 0 Å². The summed E-state index contributed by atoms with van der Waals surface area (Å²) in [5.74, 6) is -2.89. The summed E-state index contributed by atoms with van der Waals surface area (Å²) in [6, 6.07) is 22.4. The standard InChI is InChI=1S/C20H14ClNO2/c21-15-10-8-14(9-11-15)19(18(12-22)20(23)24)17-7-3-5-13-4-1-2-6-16(13)17/h1-11,18-19H,(H,23,24). The lowest BCUT2D eigenvalue weighted by molar-refractivity contribution is -0.140. The van der Waals surface area contributed by atoms with Gasteiger partial charge in [0.1, 0.15) is 0 Å². The van der Waals surface area contributed by atoms with E-state index in [9.17, 15) is 15.2 Å². The highest BCUT2D eigenvalue weighted by atomic mass is 35.5. The molecule has 0 heterocycles. The summed E-state index contributed by atoms with van der Waals surface area (Å²) in [6.45, 7) is 0. The van der Waals surface area contributed by atoms with Gasteiger partial charge in [-0.25, -0.2) is 0 Å². The number of carbonyl (C=O) groups is 1. The van der Waals surface area contributed by atoms with Gasteiger partial charge in [-0.1, -0.05) is 66.2 Å². The lowest BCUT2D eigenvalue weighted by atomic mass is 9.79. The maximum atomic E-state index is 11.7. The molecule has 3 aromatic carbocycles. The fourth-order valence-corrected chi connectivity index (χ4v) is 3.14. The van der Waals surface area contributed by atoms with Gasteiger partial charge in [0.05, 0.1) is 6.07 Å². The van der Waals surface area contributed by atoms with Gasteiger partial charge in [0.2, 0.25) is 0 Å². The minimum absolute atomic E-state index is 0.569. The van der Waals surface area contributed by atoms with Crippen LogP contribution in [0.25, 0.3) is 10.8 Å². The van der Waals surface area contributed by atoms with Gasteiger partial charge >= 0.3 is 5.97 Å². The van der Waals surface area contributed by atoms with Crippen LogP contribution in [0, 0.1) is 17.2 Å². The number of carboxylic acids is 1. The van der Waals surface area contributed by atoms with Crippen molar-refractivity contribution in [2.24, 2.45) is 5.92 Å². The van der Waals surface area contributed by atoms with Crippen LogP contribution in [0.15, 0.2) is 66.7 Å². The predicted octanol–water partition coefficient (Wildman–Crippen LogP) is 4.85. The molecule has 0 spiro atoms. The highest BCUT2D eigenvalue weighted by Crippen LogP contribution is 2.36. The Labute approximate surface area is 144 Å². The Morgan fingerprint density at radius 2 is 1.67 bits per heavy atom. The van der Waals surface area contributed by atoms with Crippen molar-refractivity contribution in [3.8, 4) is 6.07 Å². The molecule has 3 aromatic rings. The molecule has 0 radical (unpaired) electrons. The van der Waals surface area contributed by atoms with Gasteiger partial charge in [0.25, 0.3) is 0 Å². The summed E-state index contributed by atoms with van der Waals surface area (Å²) in [5.41, 5.74) is 1.58. The Hall–Kier alpha value is -2.83. The molecule has 0 fully saturated rings.